The Labute approximate surface area is 208 Å². The molecule has 0 bridgehead atoms. The summed E-state index contributed by atoms with van der Waals surface area (Å²) in [5.41, 5.74) is -2.90. The van der Waals surface area contributed by atoms with Crippen LogP contribution in [0.15, 0.2) is 36.4 Å². The van der Waals surface area contributed by atoms with Gasteiger partial charge in [0.1, 0.15) is 23.1 Å². The Balaban J connectivity index is 2.12. The number of benzene rings is 2. The second kappa shape index (κ2) is 8.19. The van der Waals surface area contributed by atoms with Crippen LogP contribution in [0.5, 0.6) is 0 Å². The van der Waals surface area contributed by atoms with Crippen molar-refractivity contribution in [1.29, 1.82) is 5.26 Å². The van der Waals surface area contributed by atoms with Crippen LogP contribution in [0.3, 0.4) is 0 Å². The number of carbonyl (C=O) groups excluding carboxylic acids is 1. The van der Waals surface area contributed by atoms with E-state index in [-0.39, 0.29) is 26.6 Å². The monoisotopic (exact) mass is 506 g/mol. The highest BCUT2D eigenvalue weighted by atomic mass is 35.5. The topological polar surface area (TPSA) is 53.3 Å². The Kier molecular flexibility index (Phi) is 6.00. The van der Waals surface area contributed by atoms with Crippen LogP contribution in [0.1, 0.15) is 58.1 Å². The molecule has 0 saturated carbocycles. The molecule has 4 nitrogen and oxygen atoms in total. The molecule has 0 amide bonds. The van der Waals surface area contributed by atoms with E-state index in [4.69, 9.17) is 27.9 Å². The van der Waals surface area contributed by atoms with E-state index in [1.165, 1.54) is 24.3 Å². The Morgan fingerprint density at radius 2 is 1.85 bits per heavy atom. The molecule has 2 aliphatic rings. The van der Waals surface area contributed by atoms with E-state index in [0.717, 1.165) is 6.07 Å². The largest absolute Gasteiger partial charge is 0.443 e. The predicted molar refractivity (Wildman–Crippen MR) is 127 cm³/mol. The van der Waals surface area contributed by atoms with Crippen molar-refractivity contribution in [2.75, 3.05) is 0 Å². The molecule has 34 heavy (non-hydrogen) atoms. The minimum atomic E-state index is -1.63. The van der Waals surface area contributed by atoms with E-state index < -0.39 is 46.7 Å². The standard InChI is InChI=1S/C26H26Cl2F2N2O2/c1-24(2,3)12-19-26(13-31,16-10-9-14(27)11-18(16)29)20(15-7-6-8-17(28)21(15)30)22-23(33)34-25(4,5)32(19)22/h6-11,19-20,22H,12H2,1-5H3/t19-,20-,22+,26-/m0/s1. The van der Waals surface area contributed by atoms with E-state index in [0.29, 0.717) is 6.42 Å². The average molecular weight is 507 g/mol. The summed E-state index contributed by atoms with van der Waals surface area (Å²) in [4.78, 5) is 15.1. The van der Waals surface area contributed by atoms with Crippen LogP contribution in [0, 0.1) is 28.4 Å². The quantitative estimate of drug-likeness (QED) is 0.440. The van der Waals surface area contributed by atoms with Crippen molar-refractivity contribution >= 4 is 29.2 Å². The second-order valence-corrected chi connectivity index (χ2v) is 11.6. The summed E-state index contributed by atoms with van der Waals surface area (Å²) in [7, 11) is 0. The molecule has 4 rings (SSSR count). The zero-order chi connectivity index (χ0) is 25.2. The first-order valence-corrected chi connectivity index (χ1v) is 11.8. The van der Waals surface area contributed by atoms with Crippen molar-refractivity contribution in [2.24, 2.45) is 5.41 Å². The third kappa shape index (κ3) is 3.69. The van der Waals surface area contributed by atoms with Crippen LogP contribution >= 0.6 is 23.2 Å². The SMILES string of the molecule is CC(C)(C)C[C@@H]1N2[C@@H](C(=O)OC2(C)C)[C@H](c2cccc(Cl)c2F)[C@@]1(C#N)c1ccc(Cl)cc1F. The Morgan fingerprint density at radius 3 is 2.44 bits per heavy atom. The summed E-state index contributed by atoms with van der Waals surface area (Å²) in [5.74, 6) is -3.09. The van der Waals surface area contributed by atoms with Gasteiger partial charge in [0.2, 0.25) is 0 Å². The van der Waals surface area contributed by atoms with Gasteiger partial charge in [-0.05, 0) is 49.4 Å². The maximum absolute atomic E-state index is 15.6. The van der Waals surface area contributed by atoms with Crippen LogP contribution in [0.2, 0.25) is 10.0 Å². The van der Waals surface area contributed by atoms with Gasteiger partial charge in [0.15, 0.2) is 5.72 Å². The van der Waals surface area contributed by atoms with Gasteiger partial charge in [-0.3, -0.25) is 4.79 Å². The molecule has 0 unspecified atom stereocenters. The minimum Gasteiger partial charge on any atom is -0.443 e. The van der Waals surface area contributed by atoms with Gasteiger partial charge in [0, 0.05) is 22.5 Å². The summed E-state index contributed by atoms with van der Waals surface area (Å²) in [6.45, 7) is 9.47. The third-order valence-corrected chi connectivity index (χ3v) is 7.39. The van der Waals surface area contributed by atoms with Crippen molar-refractivity contribution in [3.05, 3.63) is 69.2 Å². The Morgan fingerprint density at radius 1 is 1.18 bits per heavy atom. The number of nitriles is 1. The van der Waals surface area contributed by atoms with Gasteiger partial charge in [-0.25, -0.2) is 13.7 Å². The lowest BCUT2D eigenvalue weighted by Gasteiger charge is -2.42. The fraction of sp³-hybridized carbons (Fsp3) is 0.462. The first-order valence-electron chi connectivity index (χ1n) is 11.1. The van der Waals surface area contributed by atoms with E-state index >= 15 is 8.78 Å². The molecular formula is C26H26Cl2F2N2O2. The summed E-state index contributed by atoms with van der Waals surface area (Å²) in [6.07, 6.45) is 0.415. The van der Waals surface area contributed by atoms with Crippen LogP contribution in [0.4, 0.5) is 8.78 Å². The number of rotatable bonds is 3. The number of ether oxygens (including phenoxy) is 1. The molecule has 8 heteroatoms. The molecule has 2 aromatic carbocycles. The van der Waals surface area contributed by atoms with Crippen molar-refractivity contribution in [3.63, 3.8) is 0 Å². The summed E-state index contributed by atoms with van der Waals surface area (Å²) < 4.78 is 36.8. The highest BCUT2D eigenvalue weighted by Crippen LogP contribution is 2.60. The fourth-order valence-corrected chi connectivity index (χ4v) is 6.08. The van der Waals surface area contributed by atoms with E-state index in [1.807, 2.05) is 25.7 Å². The third-order valence-electron chi connectivity index (χ3n) is 6.87. The second-order valence-electron chi connectivity index (χ2n) is 10.7. The molecule has 0 aliphatic carbocycles. The number of nitrogens with zero attached hydrogens (tertiary/aromatic N) is 2. The number of fused-ring (bicyclic) bond motifs is 1. The number of cyclic esters (lactones) is 1. The van der Waals surface area contributed by atoms with Gasteiger partial charge >= 0.3 is 5.97 Å². The van der Waals surface area contributed by atoms with Crippen LogP contribution in [-0.2, 0) is 14.9 Å². The molecule has 180 valence electrons. The summed E-state index contributed by atoms with van der Waals surface area (Å²) in [6, 6.07) is 9.25. The van der Waals surface area contributed by atoms with Crippen LogP contribution in [0.25, 0.3) is 0 Å². The number of carbonyl (C=O) groups is 1. The van der Waals surface area contributed by atoms with Crippen molar-refractivity contribution < 1.29 is 18.3 Å². The van der Waals surface area contributed by atoms with Gasteiger partial charge in [-0.2, -0.15) is 5.26 Å². The predicted octanol–water partition coefficient (Wildman–Crippen LogP) is 6.60. The zero-order valence-electron chi connectivity index (χ0n) is 19.6. The van der Waals surface area contributed by atoms with Gasteiger partial charge < -0.3 is 4.74 Å². The number of hydrogen-bond acceptors (Lipinski definition) is 4. The highest BCUT2D eigenvalue weighted by Gasteiger charge is 2.71. The van der Waals surface area contributed by atoms with Crippen molar-refractivity contribution in [1.82, 2.24) is 4.90 Å². The molecule has 0 N–H and O–H groups in total. The maximum Gasteiger partial charge on any atom is 0.325 e. The Hall–Kier alpha value is -2.20. The average Bonchev–Trinajstić information content (AvgIpc) is 3.12. The Bertz CT molecular complexity index is 1200. The molecular weight excluding hydrogens is 481 g/mol. The van der Waals surface area contributed by atoms with E-state index in [9.17, 15) is 10.1 Å². The molecule has 0 radical (unpaired) electrons. The van der Waals surface area contributed by atoms with Gasteiger partial charge in [-0.15, -0.1) is 0 Å². The highest BCUT2D eigenvalue weighted by molar-refractivity contribution is 6.31. The van der Waals surface area contributed by atoms with E-state index in [2.05, 4.69) is 6.07 Å². The zero-order valence-corrected chi connectivity index (χ0v) is 21.1. The lowest BCUT2D eigenvalue weighted by molar-refractivity contribution is -0.152. The first kappa shape index (κ1) is 24.9. The van der Waals surface area contributed by atoms with Gasteiger partial charge in [0.25, 0.3) is 0 Å². The van der Waals surface area contributed by atoms with Crippen LogP contribution < -0.4 is 0 Å². The number of esters is 1. The van der Waals surface area contributed by atoms with Crippen LogP contribution in [-0.4, -0.2) is 28.7 Å². The molecule has 2 aromatic rings. The smallest absolute Gasteiger partial charge is 0.325 e. The molecule has 0 spiro atoms. The maximum atomic E-state index is 15.6. The number of hydrogen-bond donors (Lipinski definition) is 0. The molecule has 2 aliphatic heterocycles. The minimum absolute atomic E-state index is 0.0658. The van der Waals surface area contributed by atoms with Crippen molar-refractivity contribution in [3.8, 4) is 6.07 Å². The summed E-state index contributed by atoms with van der Waals surface area (Å²) >= 11 is 12.2. The van der Waals surface area contributed by atoms with E-state index in [1.54, 1.807) is 19.9 Å². The molecule has 4 atom stereocenters. The summed E-state index contributed by atoms with van der Waals surface area (Å²) in [5, 5.41) is 10.9. The number of halogens is 4. The molecule has 2 heterocycles. The lowest BCUT2D eigenvalue weighted by Crippen LogP contribution is -2.52. The fourth-order valence-electron chi connectivity index (χ4n) is 5.74. The van der Waals surface area contributed by atoms with Gasteiger partial charge in [0.05, 0.1) is 11.1 Å². The first-order chi connectivity index (χ1) is 15.7. The molecule has 2 saturated heterocycles. The molecule has 2 fully saturated rings. The van der Waals surface area contributed by atoms with Crippen molar-refractivity contribution in [2.45, 2.75) is 70.2 Å². The molecule has 0 aromatic heterocycles. The normalized spacial score (nSPS) is 28.5. The lowest BCUT2D eigenvalue weighted by atomic mass is 9.62. The van der Waals surface area contributed by atoms with Gasteiger partial charge in [-0.1, -0.05) is 62.2 Å².